The van der Waals surface area contributed by atoms with Gasteiger partial charge in [0.15, 0.2) is 11.7 Å². The third-order valence-electron chi connectivity index (χ3n) is 5.60. The second kappa shape index (κ2) is 11.1. The van der Waals surface area contributed by atoms with E-state index in [1.54, 1.807) is 4.80 Å². The molecule has 1 heterocycles. The molecule has 3 aromatic carbocycles. The Kier molecular flexibility index (Phi) is 7.72. The second-order valence-corrected chi connectivity index (χ2v) is 8.93. The molecule has 0 fully saturated rings. The lowest BCUT2D eigenvalue weighted by molar-refractivity contribution is -0.121. The van der Waals surface area contributed by atoms with E-state index in [-0.39, 0.29) is 17.6 Å². The Morgan fingerprint density at radius 2 is 1.69 bits per heavy atom. The molecule has 1 aromatic heterocycles. The molecule has 180 valence electrons. The minimum atomic E-state index is -0.338. The molecule has 7 nitrogen and oxygen atoms in total. The fraction of sp³-hybridized carbons (Fsp3) is 0.259. The number of aryl methyl sites for hydroxylation is 3. The maximum absolute atomic E-state index is 12.2. The van der Waals surface area contributed by atoms with Crippen molar-refractivity contribution < 1.29 is 9.53 Å². The molecule has 2 N–H and O–H groups in total. The van der Waals surface area contributed by atoms with Gasteiger partial charge in [-0.1, -0.05) is 43.2 Å². The maximum atomic E-state index is 12.2. The van der Waals surface area contributed by atoms with Gasteiger partial charge in [0.2, 0.25) is 0 Å². The number of carbonyl (C=O) groups is 1. The number of hydrogen-bond donors (Lipinski definition) is 2. The maximum Gasteiger partial charge on any atom is 0.264 e. The minimum absolute atomic E-state index is 0.130. The predicted molar refractivity (Wildman–Crippen MR) is 143 cm³/mol. The standard InChI is InChI=1S/C27H29N5O2S/c1-4-5-6-20-9-11-21(12-10-20)32-30-24-15-19(3)23(16-25(24)31-32)28-27(35)29-26(33)17-34-22-13-7-18(2)8-14-22/h7-16H,4-6,17H2,1-3H3,(H2,28,29,33,35). The number of ether oxygens (including phenoxy) is 1. The molecule has 0 saturated heterocycles. The van der Waals surface area contributed by atoms with E-state index in [1.807, 2.05) is 62.4 Å². The smallest absolute Gasteiger partial charge is 0.264 e. The van der Waals surface area contributed by atoms with E-state index in [0.717, 1.165) is 40.0 Å². The molecule has 0 bridgehead atoms. The van der Waals surface area contributed by atoms with E-state index in [2.05, 4.69) is 39.9 Å². The van der Waals surface area contributed by atoms with Gasteiger partial charge in [0, 0.05) is 5.69 Å². The molecule has 8 heteroatoms. The van der Waals surface area contributed by atoms with Crippen LogP contribution in [-0.2, 0) is 11.2 Å². The Balaban J connectivity index is 1.39. The summed E-state index contributed by atoms with van der Waals surface area (Å²) in [6.07, 6.45) is 3.44. The molecule has 4 aromatic rings. The van der Waals surface area contributed by atoms with Crippen LogP contribution >= 0.6 is 12.2 Å². The molecule has 1 amide bonds. The fourth-order valence-electron chi connectivity index (χ4n) is 3.59. The van der Waals surface area contributed by atoms with Crippen LogP contribution in [0.2, 0.25) is 0 Å². The molecule has 0 aliphatic carbocycles. The van der Waals surface area contributed by atoms with Crippen molar-refractivity contribution >= 4 is 40.0 Å². The highest BCUT2D eigenvalue weighted by Crippen LogP contribution is 2.22. The largest absolute Gasteiger partial charge is 0.484 e. The Labute approximate surface area is 210 Å². The van der Waals surface area contributed by atoms with E-state index in [0.29, 0.717) is 5.75 Å². The van der Waals surface area contributed by atoms with Crippen LogP contribution in [0, 0.1) is 13.8 Å². The number of nitrogens with zero attached hydrogens (tertiary/aromatic N) is 3. The highest BCUT2D eigenvalue weighted by Gasteiger charge is 2.11. The Bertz CT molecular complexity index is 1330. The van der Waals surface area contributed by atoms with Crippen molar-refractivity contribution in [2.24, 2.45) is 0 Å². The van der Waals surface area contributed by atoms with Crippen LogP contribution in [-0.4, -0.2) is 32.6 Å². The molecule has 0 atom stereocenters. The molecule has 0 spiro atoms. The number of fused-ring (bicyclic) bond motifs is 1. The molecule has 0 aliphatic heterocycles. The molecular weight excluding hydrogens is 458 g/mol. The number of nitrogens with one attached hydrogen (secondary N) is 2. The number of anilines is 1. The molecule has 0 saturated carbocycles. The number of carbonyl (C=O) groups excluding carboxylic acids is 1. The van der Waals surface area contributed by atoms with Gasteiger partial charge in [0.1, 0.15) is 16.8 Å². The Morgan fingerprint density at radius 1 is 1.00 bits per heavy atom. The number of thiocarbonyl (C=S) groups is 1. The van der Waals surface area contributed by atoms with Gasteiger partial charge in [-0.3, -0.25) is 10.1 Å². The average molecular weight is 488 g/mol. The molecule has 0 aliphatic rings. The normalized spacial score (nSPS) is 10.8. The van der Waals surface area contributed by atoms with Crippen molar-refractivity contribution in [3.63, 3.8) is 0 Å². The first-order valence-corrected chi connectivity index (χ1v) is 12.1. The molecule has 4 rings (SSSR count). The lowest BCUT2D eigenvalue weighted by Crippen LogP contribution is -2.37. The van der Waals surface area contributed by atoms with Crippen LogP contribution in [0.15, 0.2) is 60.7 Å². The third-order valence-corrected chi connectivity index (χ3v) is 5.81. The molecule has 35 heavy (non-hydrogen) atoms. The summed E-state index contributed by atoms with van der Waals surface area (Å²) < 4.78 is 5.51. The van der Waals surface area contributed by atoms with Crippen molar-refractivity contribution in [3.8, 4) is 11.4 Å². The summed E-state index contributed by atoms with van der Waals surface area (Å²) in [5.74, 6) is 0.291. The number of aromatic nitrogens is 3. The molecule has 0 unspecified atom stereocenters. The highest BCUT2D eigenvalue weighted by molar-refractivity contribution is 7.80. The van der Waals surface area contributed by atoms with E-state index in [9.17, 15) is 4.79 Å². The first-order chi connectivity index (χ1) is 16.9. The van der Waals surface area contributed by atoms with Gasteiger partial charge in [-0.05, 0) is 86.4 Å². The summed E-state index contributed by atoms with van der Waals surface area (Å²) in [6.45, 7) is 6.01. The van der Waals surface area contributed by atoms with Crippen LogP contribution in [0.3, 0.4) is 0 Å². The quantitative estimate of drug-likeness (QED) is 0.330. The van der Waals surface area contributed by atoms with Gasteiger partial charge >= 0.3 is 0 Å². The average Bonchev–Trinajstić information content (AvgIpc) is 3.25. The number of hydrogen-bond acceptors (Lipinski definition) is 5. The lowest BCUT2D eigenvalue weighted by Gasteiger charge is -2.12. The van der Waals surface area contributed by atoms with E-state index < -0.39 is 0 Å². The van der Waals surface area contributed by atoms with E-state index in [4.69, 9.17) is 17.0 Å². The van der Waals surface area contributed by atoms with Gasteiger partial charge in [-0.2, -0.15) is 4.80 Å². The first kappa shape index (κ1) is 24.3. The van der Waals surface area contributed by atoms with Crippen molar-refractivity contribution in [1.29, 1.82) is 0 Å². The van der Waals surface area contributed by atoms with Gasteiger partial charge in [0.25, 0.3) is 5.91 Å². The van der Waals surface area contributed by atoms with Gasteiger partial charge in [-0.25, -0.2) is 0 Å². The van der Waals surface area contributed by atoms with Crippen molar-refractivity contribution in [1.82, 2.24) is 20.3 Å². The fourth-order valence-corrected chi connectivity index (χ4v) is 3.82. The van der Waals surface area contributed by atoms with Crippen LogP contribution in [0.5, 0.6) is 5.75 Å². The SMILES string of the molecule is CCCCc1ccc(-n2nc3cc(C)c(NC(=S)NC(=O)COc4ccc(C)cc4)cc3n2)cc1. The topological polar surface area (TPSA) is 81.1 Å². The van der Waals surface area contributed by atoms with Crippen molar-refractivity contribution in [3.05, 3.63) is 77.4 Å². The number of amides is 1. The Hall–Kier alpha value is -3.78. The number of rotatable bonds is 8. The summed E-state index contributed by atoms with van der Waals surface area (Å²) in [6, 6.07) is 19.7. The summed E-state index contributed by atoms with van der Waals surface area (Å²) in [7, 11) is 0. The van der Waals surface area contributed by atoms with Crippen molar-refractivity contribution in [2.45, 2.75) is 40.0 Å². The minimum Gasteiger partial charge on any atom is -0.484 e. The Morgan fingerprint density at radius 3 is 2.37 bits per heavy atom. The second-order valence-electron chi connectivity index (χ2n) is 8.52. The first-order valence-electron chi connectivity index (χ1n) is 11.7. The van der Waals surface area contributed by atoms with Gasteiger partial charge in [0.05, 0.1) is 5.69 Å². The zero-order valence-corrected chi connectivity index (χ0v) is 21.0. The van der Waals surface area contributed by atoms with Gasteiger partial charge in [-0.15, -0.1) is 10.2 Å². The van der Waals surface area contributed by atoms with Crippen molar-refractivity contribution in [2.75, 3.05) is 11.9 Å². The zero-order chi connectivity index (χ0) is 24.8. The van der Waals surface area contributed by atoms with Gasteiger partial charge < -0.3 is 10.1 Å². The molecular formula is C27H29N5O2S. The lowest BCUT2D eigenvalue weighted by atomic mass is 10.1. The van der Waals surface area contributed by atoms with Crippen LogP contribution in [0.25, 0.3) is 16.7 Å². The third kappa shape index (κ3) is 6.42. The number of unbranched alkanes of at least 4 members (excludes halogenated alkanes) is 1. The summed E-state index contributed by atoms with van der Waals surface area (Å²) in [5, 5.41) is 15.2. The van der Waals surface area contributed by atoms with Crippen LogP contribution < -0.4 is 15.4 Å². The molecule has 0 radical (unpaired) electrons. The van der Waals surface area contributed by atoms with E-state index in [1.165, 1.54) is 18.4 Å². The monoisotopic (exact) mass is 487 g/mol. The van der Waals surface area contributed by atoms with Crippen LogP contribution in [0.4, 0.5) is 5.69 Å². The zero-order valence-electron chi connectivity index (χ0n) is 20.2. The summed E-state index contributed by atoms with van der Waals surface area (Å²) >= 11 is 5.33. The number of benzene rings is 3. The van der Waals surface area contributed by atoms with E-state index >= 15 is 0 Å². The summed E-state index contributed by atoms with van der Waals surface area (Å²) in [4.78, 5) is 13.9. The highest BCUT2D eigenvalue weighted by atomic mass is 32.1. The summed E-state index contributed by atoms with van der Waals surface area (Å²) in [5.41, 5.74) is 6.55. The predicted octanol–water partition coefficient (Wildman–Crippen LogP) is 5.27. The van der Waals surface area contributed by atoms with Crippen LogP contribution in [0.1, 0.15) is 36.5 Å².